The molecule has 0 radical (unpaired) electrons. The molecule has 0 aromatic carbocycles. The van der Waals surface area contributed by atoms with Crippen LogP contribution in [0.4, 0.5) is 24.8 Å². The van der Waals surface area contributed by atoms with Crippen molar-refractivity contribution in [3.63, 3.8) is 0 Å². The van der Waals surface area contributed by atoms with Gasteiger partial charge in [-0.2, -0.15) is 23.3 Å². The molecule has 284 valence electrons. The van der Waals surface area contributed by atoms with E-state index < -0.39 is 45.2 Å². The Labute approximate surface area is 299 Å². The number of alkyl halides is 3. The number of hydrogen-bond donors (Lipinski definition) is 2. The maximum absolute atomic E-state index is 13.9. The fourth-order valence-corrected chi connectivity index (χ4v) is 6.96. The van der Waals surface area contributed by atoms with Gasteiger partial charge in [0.2, 0.25) is 11.9 Å². The average molecular weight is 755 g/mol. The number of nitrogens with one attached hydrogen (secondary N) is 2. The van der Waals surface area contributed by atoms with E-state index in [1.165, 1.54) is 0 Å². The van der Waals surface area contributed by atoms with Gasteiger partial charge in [0.1, 0.15) is 24.7 Å². The van der Waals surface area contributed by atoms with E-state index in [1.807, 2.05) is 23.0 Å². The van der Waals surface area contributed by atoms with Crippen LogP contribution in [0.1, 0.15) is 31.7 Å². The van der Waals surface area contributed by atoms with E-state index in [2.05, 4.69) is 65.1 Å². The number of ether oxygens (including phenoxy) is 2. The van der Waals surface area contributed by atoms with Crippen molar-refractivity contribution in [3.05, 3.63) is 40.6 Å². The van der Waals surface area contributed by atoms with E-state index in [0.29, 0.717) is 37.1 Å². The molecule has 0 spiro atoms. The summed E-state index contributed by atoms with van der Waals surface area (Å²) in [6.07, 6.45) is 1.59. The van der Waals surface area contributed by atoms with Gasteiger partial charge in [-0.05, 0) is 43.8 Å². The van der Waals surface area contributed by atoms with Crippen LogP contribution in [0, 0.1) is 5.92 Å². The molecule has 1 aliphatic rings. The van der Waals surface area contributed by atoms with Crippen LogP contribution in [0.5, 0.6) is 0 Å². The zero-order chi connectivity index (χ0) is 37.4. The van der Waals surface area contributed by atoms with E-state index in [0.717, 1.165) is 48.8 Å². The number of piperidine rings is 1. The second-order valence-corrected chi connectivity index (χ2v) is 26.9. The maximum atomic E-state index is 13.9. The van der Waals surface area contributed by atoms with Gasteiger partial charge in [-0.3, -0.25) is 14.4 Å². The minimum Gasteiger partial charge on any atom is -0.378 e. The Kier molecular flexibility index (Phi) is 13.8. The first-order valence-electron chi connectivity index (χ1n) is 17.5. The summed E-state index contributed by atoms with van der Waals surface area (Å²) >= 11 is 0. The van der Waals surface area contributed by atoms with Gasteiger partial charge in [-0.1, -0.05) is 39.3 Å². The van der Waals surface area contributed by atoms with Crippen molar-refractivity contribution in [1.29, 1.82) is 0 Å². The average Bonchev–Trinajstić information content (AvgIpc) is 3.43. The third-order valence-corrected chi connectivity index (χ3v) is 12.0. The zero-order valence-corrected chi connectivity index (χ0v) is 32.8. The SMILES string of the molecule is CC(CONC(=O)CC1CCN(c2ncc3ccn(COCC[Si](C)(C)C)c3n2)CC1)Nc1cnn(COCC[Si](C)(C)C)c(=O)c1C(F)(F)F. The summed E-state index contributed by atoms with van der Waals surface area (Å²) in [5.74, 6) is 0.447. The van der Waals surface area contributed by atoms with Crippen molar-refractivity contribution in [3.8, 4) is 0 Å². The molecular formula is C33H53F3N8O5Si2. The van der Waals surface area contributed by atoms with Gasteiger partial charge in [0, 0.05) is 72.7 Å². The van der Waals surface area contributed by atoms with Gasteiger partial charge in [0.05, 0.1) is 18.5 Å². The van der Waals surface area contributed by atoms with Crippen LogP contribution in [0.15, 0.2) is 29.5 Å². The predicted octanol–water partition coefficient (Wildman–Crippen LogP) is 5.79. The van der Waals surface area contributed by atoms with E-state index >= 15 is 0 Å². The molecule has 1 unspecified atom stereocenters. The van der Waals surface area contributed by atoms with Crippen LogP contribution in [-0.2, 0) is 38.7 Å². The monoisotopic (exact) mass is 754 g/mol. The molecule has 1 atom stereocenters. The van der Waals surface area contributed by atoms with Crippen molar-refractivity contribution in [2.45, 2.75) is 103 Å². The molecule has 1 aliphatic heterocycles. The Morgan fingerprint density at radius 1 is 1.02 bits per heavy atom. The number of hydroxylamine groups is 1. The molecule has 3 aromatic rings. The van der Waals surface area contributed by atoms with Crippen molar-refractivity contribution >= 4 is 44.7 Å². The number of rotatable bonds is 18. The largest absolute Gasteiger partial charge is 0.423 e. The summed E-state index contributed by atoms with van der Waals surface area (Å²) in [7, 11) is -2.57. The molecule has 3 aromatic heterocycles. The van der Waals surface area contributed by atoms with E-state index in [4.69, 9.17) is 19.3 Å². The first-order valence-corrected chi connectivity index (χ1v) is 24.9. The maximum Gasteiger partial charge on any atom is 0.423 e. The minimum absolute atomic E-state index is 0.124. The molecule has 18 heteroatoms. The fourth-order valence-electron chi connectivity index (χ4n) is 5.45. The molecule has 1 fully saturated rings. The second kappa shape index (κ2) is 17.5. The highest BCUT2D eigenvalue weighted by Gasteiger charge is 2.38. The van der Waals surface area contributed by atoms with Gasteiger partial charge < -0.3 is 24.3 Å². The van der Waals surface area contributed by atoms with Crippen LogP contribution in [0.3, 0.4) is 0 Å². The number of amides is 1. The number of anilines is 2. The van der Waals surface area contributed by atoms with Crippen LogP contribution >= 0.6 is 0 Å². The second-order valence-electron chi connectivity index (χ2n) is 15.7. The molecule has 2 N–H and O–H groups in total. The summed E-state index contributed by atoms with van der Waals surface area (Å²) in [6, 6.07) is 3.20. The summed E-state index contributed by atoms with van der Waals surface area (Å²) in [6.45, 7) is 17.4. The Bertz CT molecular complexity index is 1650. The lowest BCUT2D eigenvalue weighted by Gasteiger charge is -2.31. The Balaban J connectivity index is 1.21. The molecule has 1 saturated heterocycles. The number of aromatic nitrogens is 5. The molecule has 4 heterocycles. The summed E-state index contributed by atoms with van der Waals surface area (Å²) in [5, 5.41) is 7.47. The summed E-state index contributed by atoms with van der Waals surface area (Å²) in [5.41, 5.74) is 0.0871. The topological polar surface area (TPSA) is 138 Å². The highest BCUT2D eigenvalue weighted by Crippen LogP contribution is 2.32. The van der Waals surface area contributed by atoms with Crippen molar-refractivity contribution < 1.29 is 32.3 Å². The van der Waals surface area contributed by atoms with Gasteiger partial charge in [0.25, 0.3) is 5.56 Å². The van der Waals surface area contributed by atoms with Crippen LogP contribution in [0.2, 0.25) is 51.4 Å². The Morgan fingerprint density at radius 2 is 1.67 bits per heavy atom. The lowest BCUT2D eigenvalue weighted by Crippen LogP contribution is -2.37. The molecule has 0 saturated carbocycles. The lowest BCUT2D eigenvalue weighted by molar-refractivity contribution is -0.138. The highest BCUT2D eigenvalue weighted by atomic mass is 28.3. The van der Waals surface area contributed by atoms with Gasteiger partial charge in [-0.15, -0.1) is 0 Å². The molecule has 0 bridgehead atoms. The first kappa shape index (κ1) is 40.4. The number of nitrogens with zero attached hydrogens (tertiary/aromatic N) is 6. The standard InChI is InChI=1S/C33H53F3N8O5Si2/c1-24(39-27-20-38-44(23-48-15-17-51(5,6)7)31(46)29(27)33(34,35)36)21-49-41-28(45)18-25-8-11-42(12-9-25)32-37-19-26-10-13-43(30(26)40-32)22-47-14-16-50(2,3)4/h10,13,19-20,24-25,39H,8-9,11-12,14-18,21-23H2,1-7H3,(H,41,45). The Hall–Kier alpha value is -3.33. The van der Waals surface area contributed by atoms with Crippen LogP contribution in [-0.4, -0.2) is 85.3 Å². The predicted molar refractivity (Wildman–Crippen MR) is 196 cm³/mol. The summed E-state index contributed by atoms with van der Waals surface area (Å²) in [4.78, 5) is 42.2. The van der Waals surface area contributed by atoms with E-state index in [1.54, 1.807) is 6.92 Å². The minimum atomic E-state index is -4.92. The molecule has 4 rings (SSSR count). The summed E-state index contributed by atoms with van der Waals surface area (Å²) < 4.78 is 55.8. The van der Waals surface area contributed by atoms with Crippen molar-refractivity contribution in [1.82, 2.24) is 29.8 Å². The van der Waals surface area contributed by atoms with Gasteiger partial charge in [-0.25, -0.2) is 15.1 Å². The molecule has 0 aliphatic carbocycles. The lowest BCUT2D eigenvalue weighted by atomic mass is 9.93. The smallest absolute Gasteiger partial charge is 0.378 e. The number of hydrogen-bond acceptors (Lipinski definition) is 10. The molecular weight excluding hydrogens is 702 g/mol. The molecule has 13 nitrogen and oxygen atoms in total. The third kappa shape index (κ3) is 12.7. The molecule has 51 heavy (non-hydrogen) atoms. The van der Waals surface area contributed by atoms with Gasteiger partial charge >= 0.3 is 6.18 Å². The highest BCUT2D eigenvalue weighted by molar-refractivity contribution is 6.76. The van der Waals surface area contributed by atoms with Gasteiger partial charge in [0.15, 0.2) is 0 Å². The van der Waals surface area contributed by atoms with E-state index in [-0.39, 0.29) is 31.6 Å². The van der Waals surface area contributed by atoms with Crippen molar-refractivity contribution in [2.75, 3.05) is 43.1 Å². The van der Waals surface area contributed by atoms with Crippen molar-refractivity contribution in [2.24, 2.45) is 5.92 Å². The number of carbonyl (C=O) groups excluding carboxylic acids is 1. The first-order chi connectivity index (χ1) is 23.9. The number of halogens is 3. The third-order valence-electron chi connectivity index (χ3n) is 8.55. The van der Waals surface area contributed by atoms with E-state index in [9.17, 15) is 22.8 Å². The quantitative estimate of drug-likeness (QED) is 0.0934. The Morgan fingerprint density at radius 3 is 2.29 bits per heavy atom. The van der Waals surface area contributed by atoms with Crippen LogP contribution in [0.25, 0.3) is 11.0 Å². The number of fused-ring (bicyclic) bond motifs is 1. The van der Waals surface area contributed by atoms with Crippen LogP contribution < -0.4 is 21.3 Å². The normalized spacial score (nSPS) is 15.4. The number of carbonyl (C=O) groups is 1. The zero-order valence-electron chi connectivity index (χ0n) is 30.8. The molecule has 1 amide bonds. The fraction of sp³-hybridized carbons (Fsp3) is 0.667.